The standard InChI is InChI=1S/C17H19BrO/c1-19-13-8-6-12(7-9-13)14-10-11-17(18)16-5-3-2-4-15(14)16/h6-11,15-16H,2-5H2,1H3/t15-,16?/m0/s1. The number of hydrogen-bond donors (Lipinski definition) is 0. The zero-order chi connectivity index (χ0) is 13.2. The van der Waals surface area contributed by atoms with E-state index in [1.807, 2.05) is 0 Å². The second-order valence-electron chi connectivity index (χ2n) is 5.40. The Kier molecular flexibility index (Phi) is 3.79. The molecule has 0 heterocycles. The highest BCUT2D eigenvalue weighted by atomic mass is 79.9. The molecule has 0 N–H and O–H groups in total. The molecule has 0 saturated heterocycles. The van der Waals surface area contributed by atoms with Crippen molar-refractivity contribution in [1.82, 2.24) is 0 Å². The normalized spacial score (nSPS) is 26.2. The summed E-state index contributed by atoms with van der Waals surface area (Å²) in [6, 6.07) is 8.48. The molecule has 3 rings (SSSR count). The Morgan fingerprint density at radius 2 is 1.68 bits per heavy atom. The minimum absolute atomic E-state index is 0.682. The second kappa shape index (κ2) is 5.54. The quantitative estimate of drug-likeness (QED) is 0.730. The fourth-order valence-electron chi connectivity index (χ4n) is 3.34. The minimum atomic E-state index is 0.682. The summed E-state index contributed by atoms with van der Waals surface area (Å²) in [6.07, 6.45) is 9.88. The van der Waals surface area contributed by atoms with Gasteiger partial charge in [-0.3, -0.25) is 0 Å². The number of rotatable bonds is 2. The molecule has 0 aromatic heterocycles. The predicted octanol–water partition coefficient (Wildman–Crippen LogP) is 5.18. The molecule has 0 spiro atoms. The van der Waals surface area contributed by atoms with Crippen LogP contribution in [0, 0.1) is 11.8 Å². The first-order valence-corrected chi connectivity index (χ1v) is 7.80. The van der Waals surface area contributed by atoms with E-state index in [9.17, 15) is 0 Å². The maximum Gasteiger partial charge on any atom is 0.118 e. The van der Waals surface area contributed by atoms with Gasteiger partial charge in [-0.2, -0.15) is 0 Å². The van der Waals surface area contributed by atoms with E-state index < -0.39 is 0 Å². The highest BCUT2D eigenvalue weighted by Gasteiger charge is 2.32. The van der Waals surface area contributed by atoms with Crippen molar-refractivity contribution in [3.63, 3.8) is 0 Å². The second-order valence-corrected chi connectivity index (χ2v) is 6.32. The molecule has 2 atom stereocenters. The van der Waals surface area contributed by atoms with Crippen molar-refractivity contribution in [2.75, 3.05) is 7.11 Å². The maximum atomic E-state index is 5.24. The lowest BCUT2D eigenvalue weighted by Crippen LogP contribution is -2.23. The van der Waals surface area contributed by atoms with Crippen molar-refractivity contribution in [2.45, 2.75) is 25.7 Å². The molecular formula is C17H19BrO. The first-order valence-electron chi connectivity index (χ1n) is 7.01. The van der Waals surface area contributed by atoms with Gasteiger partial charge in [0.2, 0.25) is 0 Å². The third-order valence-corrected chi connectivity index (χ3v) is 5.22. The smallest absolute Gasteiger partial charge is 0.118 e. The van der Waals surface area contributed by atoms with E-state index in [4.69, 9.17) is 4.74 Å². The van der Waals surface area contributed by atoms with Crippen molar-refractivity contribution < 1.29 is 4.74 Å². The molecule has 0 amide bonds. The molecule has 0 radical (unpaired) electrons. The molecule has 1 aromatic carbocycles. The summed E-state index contributed by atoms with van der Waals surface area (Å²) in [4.78, 5) is 0. The summed E-state index contributed by atoms with van der Waals surface area (Å²) in [6.45, 7) is 0. The van der Waals surface area contributed by atoms with Gasteiger partial charge in [-0.15, -0.1) is 0 Å². The Hall–Kier alpha value is -1.02. The average Bonchev–Trinajstić information content (AvgIpc) is 2.48. The van der Waals surface area contributed by atoms with Crippen LogP contribution in [0.2, 0.25) is 0 Å². The van der Waals surface area contributed by atoms with E-state index >= 15 is 0 Å². The molecule has 2 aliphatic rings. The summed E-state index contributed by atoms with van der Waals surface area (Å²) < 4.78 is 6.63. The topological polar surface area (TPSA) is 9.23 Å². The van der Waals surface area contributed by atoms with E-state index in [-0.39, 0.29) is 0 Å². The van der Waals surface area contributed by atoms with E-state index in [0.29, 0.717) is 11.8 Å². The van der Waals surface area contributed by atoms with E-state index in [0.717, 1.165) is 5.75 Å². The number of methoxy groups -OCH3 is 1. The number of halogens is 1. The summed E-state index contributed by atoms with van der Waals surface area (Å²) in [5.74, 6) is 2.30. The van der Waals surface area contributed by atoms with Crippen molar-refractivity contribution in [2.24, 2.45) is 11.8 Å². The monoisotopic (exact) mass is 318 g/mol. The predicted molar refractivity (Wildman–Crippen MR) is 83.4 cm³/mol. The lowest BCUT2D eigenvalue weighted by molar-refractivity contribution is 0.341. The molecule has 0 aliphatic heterocycles. The molecule has 100 valence electrons. The SMILES string of the molecule is COc1ccc(C2=CC=C(Br)C3CCCC[C@@H]23)cc1. The molecule has 1 aromatic rings. The fraction of sp³-hybridized carbons (Fsp3) is 0.412. The molecule has 2 aliphatic carbocycles. The largest absolute Gasteiger partial charge is 0.497 e. The lowest BCUT2D eigenvalue weighted by atomic mass is 9.71. The van der Waals surface area contributed by atoms with Crippen molar-refractivity contribution >= 4 is 21.5 Å². The Morgan fingerprint density at radius 1 is 1.00 bits per heavy atom. The molecule has 0 bridgehead atoms. The lowest BCUT2D eigenvalue weighted by Gasteiger charge is -2.36. The van der Waals surface area contributed by atoms with Crippen molar-refractivity contribution in [1.29, 1.82) is 0 Å². The molecule has 1 nitrogen and oxygen atoms in total. The molecule has 1 fully saturated rings. The molecule has 1 unspecified atom stereocenters. The van der Waals surface area contributed by atoms with Crippen LogP contribution in [0.5, 0.6) is 5.75 Å². The van der Waals surface area contributed by atoms with Gasteiger partial charge in [0.05, 0.1) is 7.11 Å². The molecular weight excluding hydrogens is 300 g/mol. The van der Waals surface area contributed by atoms with Crippen LogP contribution in [0.3, 0.4) is 0 Å². The summed E-state index contributed by atoms with van der Waals surface area (Å²) in [5, 5.41) is 0. The summed E-state index contributed by atoms with van der Waals surface area (Å²) in [7, 11) is 1.71. The van der Waals surface area contributed by atoms with Gasteiger partial charge >= 0.3 is 0 Å². The van der Waals surface area contributed by atoms with E-state index in [2.05, 4.69) is 52.3 Å². The van der Waals surface area contributed by atoms with Gasteiger partial charge in [0.15, 0.2) is 0 Å². The number of allylic oxidation sites excluding steroid dienone is 4. The van der Waals surface area contributed by atoms with Gasteiger partial charge in [0, 0.05) is 0 Å². The fourth-order valence-corrected chi connectivity index (χ4v) is 4.02. The molecule has 19 heavy (non-hydrogen) atoms. The van der Waals surface area contributed by atoms with Crippen LogP contribution < -0.4 is 4.74 Å². The first-order chi connectivity index (χ1) is 9.29. The van der Waals surface area contributed by atoms with Crippen LogP contribution in [0.1, 0.15) is 31.2 Å². The third-order valence-electron chi connectivity index (χ3n) is 4.37. The van der Waals surface area contributed by atoms with Gasteiger partial charge in [0.25, 0.3) is 0 Å². The summed E-state index contributed by atoms with van der Waals surface area (Å²) in [5.41, 5.74) is 2.84. The Morgan fingerprint density at radius 3 is 2.37 bits per heavy atom. The maximum absolute atomic E-state index is 5.24. The van der Waals surface area contributed by atoms with Gasteiger partial charge in [0.1, 0.15) is 5.75 Å². The number of hydrogen-bond acceptors (Lipinski definition) is 1. The van der Waals surface area contributed by atoms with E-state index in [1.54, 1.807) is 7.11 Å². The first kappa shape index (κ1) is 13.0. The van der Waals surface area contributed by atoms with Gasteiger partial charge < -0.3 is 4.74 Å². The minimum Gasteiger partial charge on any atom is -0.497 e. The van der Waals surface area contributed by atoms with E-state index in [1.165, 1.54) is 41.3 Å². The average molecular weight is 319 g/mol. The highest BCUT2D eigenvalue weighted by molar-refractivity contribution is 9.11. The van der Waals surface area contributed by atoms with Gasteiger partial charge in [-0.1, -0.05) is 53.1 Å². The van der Waals surface area contributed by atoms with Crippen LogP contribution in [0.4, 0.5) is 0 Å². The molecule has 1 saturated carbocycles. The zero-order valence-corrected chi connectivity index (χ0v) is 12.8. The van der Waals surface area contributed by atoms with Crippen molar-refractivity contribution in [3.8, 4) is 5.75 Å². The Labute approximate surface area is 123 Å². The number of fused-ring (bicyclic) bond motifs is 1. The molecule has 2 heteroatoms. The third kappa shape index (κ3) is 2.51. The Bertz CT molecular complexity index is 513. The van der Waals surface area contributed by atoms with Crippen LogP contribution in [0.15, 0.2) is 40.9 Å². The van der Waals surface area contributed by atoms with Gasteiger partial charge in [-0.05, 0) is 52.4 Å². The van der Waals surface area contributed by atoms with Crippen LogP contribution in [-0.4, -0.2) is 7.11 Å². The Balaban J connectivity index is 1.93. The van der Waals surface area contributed by atoms with Crippen LogP contribution >= 0.6 is 15.9 Å². The van der Waals surface area contributed by atoms with Crippen molar-refractivity contribution in [3.05, 3.63) is 46.5 Å². The number of benzene rings is 1. The highest BCUT2D eigenvalue weighted by Crippen LogP contribution is 2.47. The van der Waals surface area contributed by atoms with Crippen LogP contribution in [-0.2, 0) is 0 Å². The zero-order valence-electron chi connectivity index (χ0n) is 11.2. The summed E-state index contributed by atoms with van der Waals surface area (Å²) >= 11 is 3.75. The van der Waals surface area contributed by atoms with Gasteiger partial charge in [-0.25, -0.2) is 0 Å². The van der Waals surface area contributed by atoms with Crippen LogP contribution in [0.25, 0.3) is 5.57 Å². The number of ether oxygens (including phenoxy) is 1.